The number of aliphatic hydroxyl groups excluding tert-OH is 1. The Morgan fingerprint density at radius 2 is 1.65 bits per heavy atom. The van der Waals surface area contributed by atoms with Crippen LogP contribution >= 0.6 is 15.9 Å². The molecular formula is C14H21BrO5. The average molecular weight is 349 g/mol. The predicted molar refractivity (Wildman–Crippen MR) is 79.1 cm³/mol. The third-order valence-corrected chi connectivity index (χ3v) is 2.98. The van der Waals surface area contributed by atoms with Crippen molar-refractivity contribution in [2.24, 2.45) is 0 Å². The molecule has 0 bridgehead atoms. The molecule has 0 saturated carbocycles. The van der Waals surface area contributed by atoms with Crippen LogP contribution in [-0.4, -0.2) is 51.9 Å². The highest BCUT2D eigenvalue weighted by atomic mass is 79.9. The van der Waals surface area contributed by atoms with Gasteiger partial charge >= 0.3 is 0 Å². The fourth-order valence-corrected chi connectivity index (χ4v) is 1.90. The lowest BCUT2D eigenvalue weighted by molar-refractivity contribution is 0.0178. The first-order valence-corrected chi connectivity index (χ1v) is 7.23. The van der Waals surface area contributed by atoms with Crippen molar-refractivity contribution in [2.75, 3.05) is 46.8 Å². The maximum atomic E-state index is 9.23. The number of benzene rings is 1. The lowest BCUT2D eigenvalue weighted by Crippen LogP contribution is -2.12. The van der Waals surface area contributed by atoms with Gasteiger partial charge in [0.05, 0.1) is 39.6 Å². The second kappa shape index (κ2) is 11.0. The van der Waals surface area contributed by atoms with Crippen LogP contribution in [0.25, 0.3) is 0 Å². The summed E-state index contributed by atoms with van der Waals surface area (Å²) in [7, 11) is 1.64. The Bertz CT molecular complexity index is 373. The van der Waals surface area contributed by atoms with Gasteiger partial charge in [-0.3, -0.25) is 0 Å². The number of rotatable bonds is 11. The molecule has 0 atom stereocenters. The first kappa shape index (κ1) is 17.4. The highest BCUT2D eigenvalue weighted by Gasteiger charge is 2.03. The van der Waals surface area contributed by atoms with Crippen LogP contribution < -0.4 is 4.74 Å². The van der Waals surface area contributed by atoms with Gasteiger partial charge < -0.3 is 24.1 Å². The molecule has 0 aliphatic heterocycles. The molecule has 0 aromatic heterocycles. The summed E-state index contributed by atoms with van der Waals surface area (Å²) in [4.78, 5) is 0. The van der Waals surface area contributed by atoms with Crippen molar-refractivity contribution in [3.8, 4) is 5.75 Å². The molecule has 0 spiro atoms. The van der Waals surface area contributed by atoms with Crippen molar-refractivity contribution in [3.05, 3.63) is 28.2 Å². The van der Waals surface area contributed by atoms with Gasteiger partial charge in [-0.05, 0) is 18.2 Å². The number of halogens is 1. The van der Waals surface area contributed by atoms with E-state index in [-0.39, 0.29) is 6.61 Å². The van der Waals surface area contributed by atoms with Crippen LogP contribution in [0.4, 0.5) is 0 Å². The molecule has 0 unspecified atom stereocenters. The largest absolute Gasteiger partial charge is 0.491 e. The van der Waals surface area contributed by atoms with Crippen LogP contribution in [0.1, 0.15) is 5.56 Å². The zero-order valence-electron chi connectivity index (χ0n) is 11.6. The SMILES string of the molecule is COCCOCCOCCOc1ccc(Br)cc1CO. The number of aliphatic hydroxyl groups is 1. The van der Waals surface area contributed by atoms with Gasteiger partial charge in [0.1, 0.15) is 12.4 Å². The average Bonchev–Trinajstić information content (AvgIpc) is 2.46. The van der Waals surface area contributed by atoms with Crippen LogP contribution in [0, 0.1) is 0 Å². The van der Waals surface area contributed by atoms with E-state index in [0.717, 1.165) is 10.0 Å². The van der Waals surface area contributed by atoms with E-state index in [1.807, 2.05) is 18.2 Å². The topological polar surface area (TPSA) is 57.2 Å². The van der Waals surface area contributed by atoms with Crippen LogP contribution in [-0.2, 0) is 20.8 Å². The lowest BCUT2D eigenvalue weighted by Gasteiger charge is -2.11. The highest BCUT2D eigenvalue weighted by molar-refractivity contribution is 9.10. The van der Waals surface area contributed by atoms with E-state index in [4.69, 9.17) is 18.9 Å². The van der Waals surface area contributed by atoms with E-state index in [1.54, 1.807) is 7.11 Å². The zero-order valence-corrected chi connectivity index (χ0v) is 13.2. The van der Waals surface area contributed by atoms with Gasteiger partial charge in [-0.2, -0.15) is 0 Å². The molecule has 0 fully saturated rings. The van der Waals surface area contributed by atoms with Crippen molar-refractivity contribution < 1.29 is 24.1 Å². The third kappa shape index (κ3) is 7.21. The van der Waals surface area contributed by atoms with Crippen molar-refractivity contribution in [3.63, 3.8) is 0 Å². The van der Waals surface area contributed by atoms with Crippen LogP contribution in [0.2, 0.25) is 0 Å². The van der Waals surface area contributed by atoms with Gasteiger partial charge in [-0.15, -0.1) is 0 Å². The van der Waals surface area contributed by atoms with Crippen molar-refractivity contribution in [2.45, 2.75) is 6.61 Å². The predicted octanol–water partition coefficient (Wildman–Crippen LogP) is 2.00. The van der Waals surface area contributed by atoms with Crippen LogP contribution in [0.3, 0.4) is 0 Å². The highest BCUT2D eigenvalue weighted by Crippen LogP contribution is 2.23. The van der Waals surface area contributed by atoms with Gasteiger partial charge in [0.25, 0.3) is 0 Å². The molecule has 0 saturated heterocycles. The number of ether oxygens (including phenoxy) is 4. The molecule has 1 rings (SSSR count). The third-order valence-electron chi connectivity index (χ3n) is 2.48. The number of methoxy groups -OCH3 is 1. The maximum Gasteiger partial charge on any atom is 0.125 e. The summed E-state index contributed by atoms with van der Waals surface area (Å²) in [5.74, 6) is 0.677. The Balaban J connectivity index is 2.09. The second-order valence-electron chi connectivity index (χ2n) is 3.98. The van der Waals surface area contributed by atoms with Crippen molar-refractivity contribution in [1.29, 1.82) is 0 Å². The standard InChI is InChI=1S/C14H21BrO5/c1-17-4-5-18-6-7-19-8-9-20-14-3-2-13(15)10-12(14)11-16/h2-3,10,16H,4-9,11H2,1H3. The molecule has 5 nitrogen and oxygen atoms in total. The smallest absolute Gasteiger partial charge is 0.125 e. The van der Waals surface area contributed by atoms with E-state index in [2.05, 4.69) is 15.9 Å². The van der Waals surface area contributed by atoms with Gasteiger partial charge in [-0.25, -0.2) is 0 Å². The van der Waals surface area contributed by atoms with Crippen molar-refractivity contribution in [1.82, 2.24) is 0 Å². The molecule has 0 aliphatic rings. The molecule has 0 heterocycles. The molecular weight excluding hydrogens is 328 g/mol. The van der Waals surface area contributed by atoms with Crippen LogP contribution in [0.5, 0.6) is 5.75 Å². The first-order chi connectivity index (χ1) is 9.77. The Morgan fingerprint density at radius 3 is 2.30 bits per heavy atom. The van der Waals surface area contributed by atoms with E-state index < -0.39 is 0 Å². The number of hydrogen-bond acceptors (Lipinski definition) is 5. The molecule has 0 aliphatic carbocycles. The molecule has 0 radical (unpaired) electrons. The minimum Gasteiger partial charge on any atom is -0.491 e. The minimum atomic E-state index is -0.0526. The molecule has 1 aromatic carbocycles. The van der Waals surface area contributed by atoms with E-state index in [1.165, 1.54) is 0 Å². The van der Waals surface area contributed by atoms with Crippen LogP contribution in [0.15, 0.2) is 22.7 Å². The first-order valence-electron chi connectivity index (χ1n) is 6.44. The Labute approximate surface area is 127 Å². The monoisotopic (exact) mass is 348 g/mol. The number of hydrogen-bond donors (Lipinski definition) is 1. The van der Waals surface area contributed by atoms with E-state index in [0.29, 0.717) is 45.4 Å². The summed E-state index contributed by atoms with van der Waals surface area (Å²) < 4.78 is 22.0. The zero-order chi connectivity index (χ0) is 14.6. The Hall–Kier alpha value is -0.660. The molecule has 114 valence electrons. The van der Waals surface area contributed by atoms with E-state index in [9.17, 15) is 5.11 Å². The van der Waals surface area contributed by atoms with Gasteiger partial charge in [-0.1, -0.05) is 15.9 Å². The Kier molecular flexibility index (Phi) is 9.61. The molecule has 1 N–H and O–H groups in total. The van der Waals surface area contributed by atoms with Gasteiger partial charge in [0.15, 0.2) is 0 Å². The molecule has 1 aromatic rings. The summed E-state index contributed by atoms with van der Waals surface area (Å²) in [5, 5.41) is 9.23. The molecule has 20 heavy (non-hydrogen) atoms. The summed E-state index contributed by atoms with van der Waals surface area (Å²) in [6.45, 7) is 3.11. The van der Waals surface area contributed by atoms with Gasteiger partial charge in [0, 0.05) is 17.1 Å². The lowest BCUT2D eigenvalue weighted by atomic mass is 10.2. The van der Waals surface area contributed by atoms with Gasteiger partial charge in [0.2, 0.25) is 0 Å². The van der Waals surface area contributed by atoms with E-state index >= 15 is 0 Å². The minimum absolute atomic E-state index is 0.0526. The fraction of sp³-hybridized carbons (Fsp3) is 0.571. The summed E-state index contributed by atoms with van der Waals surface area (Å²) in [6.07, 6.45) is 0. The van der Waals surface area contributed by atoms with Crippen molar-refractivity contribution >= 4 is 15.9 Å². The molecule has 6 heteroatoms. The normalized spacial score (nSPS) is 10.8. The maximum absolute atomic E-state index is 9.23. The summed E-state index contributed by atoms with van der Waals surface area (Å²) in [5.41, 5.74) is 0.752. The Morgan fingerprint density at radius 1 is 1.00 bits per heavy atom. The molecule has 0 amide bonds. The second-order valence-corrected chi connectivity index (χ2v) is 4.89. The summed E-state index contributed by atoms with van der Waals surface area (Å²) in [6, 6.07) is 5.53. The summed E-state index contributed by atoms with van der Waals surface area (Å²) >= 11 is 3.35. The fourth-order valence-electron chi connectivity index (χ4n) is 1.49. The quantitative estimate of drug-likeness (QED) is 0.620.